The van der Waals surface area contributed by atoms with Gasteiger partial charge in [0.05, 0.1) is 36.2 Å². The van der Waals surface area contributed by atoms with Gasteiger partial charge in [0, 0.05) is 0 Å². The maximum absolute atomic E-state index is 11.9. The number of aromatic nitrogens is 6. The number of nitrogens with zero attached hydrogens (tertiary/aromatic N) is 6. The molecule has 0 radical (unpaired) electrons. The van der Waals surface area contributed by atoms with Crippen LogP contribution in [0.1, 0.15) is 11.1 Å². The Hall–Kier alpha value is -3.72. The summed E-state index contributed by atoms with van der Waals surface area (Å²) in [6.07, 6.45) is 8.19. The monoisotopic (exact) mass is 474 g/mol. The molecule has 0 atom stereocenters. The van der Waals surface area contributed by atoms with Crippen LogP contribution in [0.15, 0.2) is 71.0 Å². The van der Waals surface area contributed by atoms with Crippen LogP contribution in [-0.4, -0.2) is 55.9 Å². The van der Waals surface area contributed by atoms with Crippen LogP contribution in [0.2, 0.25) is 0 Å². The lowest BCUT2D eigenvalue weighted by Crippen LogP contribution is -2.06. The van der Waals surface area contributed by atoms with Crippen molar-refractivity contribution >= 4 is 32.4 Å². The lowest BCUT2D eigenvalue weighted by molar-refractivity contribution is 0.480. The molecule has 0 fully saturated rings. The van der Waals surface area contributed by atoms with Crippen molar-refractivity contribution in [2.24, 2.45) is 0 Å². The fourth-order valence-corrected chi connectivity index (χ4v) is 4.30. The van der Waals surface area contributed by atoms with Crippen LogP contribution < -0.4 is 0 Å². The van der Waals surface area contributed by atoms with E-state index in [4.69, 9.17) is 0 Å². The van der Waals surface area contributed by atoms with Crippen LogP contribution in [0.5, 0.6) is 0 Å². The summed E-state index contributed by atoms with van der Waals surface area (Å²) in [6, 6.07) is 8.17. The molecule has 14 heteroatoms. The summed E-state index contributed by atoms with van der Waals surface area (Å²) >= 11 is 0. The molecule has 2 aromatic carbocycles. The van der Waals surface area contributed by atoms with Crippen LogP contribution in [0, 0.1) is 0 Å². The van der Waals surface area contributed by atoms with E-state index in [2.05, 4.69) is 20.4 Å². The topological polar surface area (TPSA) is 170 Å². The first kappa shape index (κ1) is 21.5. The lowest BCUT2D eigenvalue weighted by Gasteiger charge is -2.08. The zero-order valence-corrected chi connectivity index (χ0v) is 17.6. The first-order valence-corrected chi connectivity index (χ1v) is 11.7. The minimum absolute atomic E-state index is 0.0718. The van der Waals surface area contributed by atoms with Crippen molar-refractivity contribution < 1.29 is 25.9 Å². The van der Waals surface area contributed by atoms with Gasteiger partial charge in [-0.3, -0.25) is 9.11 Å². The number of rotatable bonds is 6. The van der Waals surface area contributed by atoms with Gasteiger partial charge in [-0.1, -0.05) is 24.3 Å². The molecule has 0 aliphatic heterocycles. The summed E-state index contributed by atoms with van der Waals surface area (Å²) in [7, 11) is -9.27. The van der Waals surface area contributed by atoms with Crippen molar-refractivity contribution in [1.29, 1.82) is 0 Å². The minimum atomic E-state index is -4.63. The Morgan fingerprint density at radius 3 is 1.28 bits per heavy atom. The van der Waals surface area contributed by atoms with Gasteiger partial charge in [-0.2, -0.15) is 46.8 Å². The van der Waals surface area contributed by atoms with Crippen LogP contribution in [-0.2, 0) is 20.2 Å². The molecule has 4 rings (SSSR count). The molecule has 0 saturated carbocycles. The number of benzene rings is 2. The van der Waals surface area contributed by atoms with E-state index in [0.29, 0.717) is 0 Å². The van der Waals surface area contributed by atoms with Crippen LogP contribution in [0.4, 0.5) is 0 Å². The van der Waals surface area contributed by atoms with Gasteiger partial charge in [0.1, 0.15) is 9.79 Å². The molecule has 0 bridgehead atoms. The van der Waals surface area contributed by atoms with Crippen LogP contribution in [0.25, 0.3) is 23.5 Å². The van der Waals surface area contributed by atoms with Gasteiger partial charge in [-0.25, -0.2) is 0 Å². The molecule has 0 aliphatic carbocycles. The average molecular weight is 474 g/mol. The third-order valence-electron chi connectivity index (χ3n) is 4.29. The quantitative estimate of drug-likeness (QED) is 0.308. The molecule has 2 N–H and O–H groups in total. The summed E-state index contributed by atoms with van der Waals surface area (Å²) in [6.45, 7) is 0. The second kappa shape index (κ2) is 8.08. The molecular weight excluding hydrogens is 460 g/mol. The Bertz CT molecular complexity index is 1400. The van der Waals surface area contributed by atoms with E-state index >= 15 is 0 Å². The lowest BCUT2D eigenvalue weighted by atomic mass is 10.1. The Morgan fingerprint density at radius 1 is 0.625 bits per heavy atom. The smallest absolute Gasteiger partial charge is 0.282 e. The summed E-state index contributed by atoms with van der Waals surface area (Å²) in [5.74, 6) is 0. The van der Waals surface area contributed by atoms with E-state index in [1.807, 2.05) is 0 Å². The predicted molar refractivity (Wildman–Crippen MR) is 111 cm³/mol. The van der Waals surface area contributed by atoms with Crippen molar-refractivity contribution in [3.63, 3.8) is 0 Å². The number of hydrogen-bond acceptors (Lipinski definition) is 8. The van der Waals surface area contributed by atoms with Gasteiger partial charge >= 0.3 is 0 Å². The molecule has 0 spiro atoms. The maximum atomic E-state index is 11.9. The molecule has 164 valence electrons. The van der Waals surface area contributed by atoms with Gasteiger partial charge in [-0.05, 0) is 35.4 Å². The highest BCUT2D eigenvalue weighted by atomic mass is 32.2. The van der Waals surface area contributed by atoms with Crippen molar-refractivity contribution in [2.75, 3.05) is 0 Å². The van der Waals surface area contributed by atoms with Gasteiger partial charge < -0.3 is 0 Å². The molecule has 32 heavy (non-hydrogen) atoms. The molecule has 0 saturated heterocycles. The first-order chi connectivity index (χ1) is 15.1. The molecule has 0 aliphatic rings. The van der Waals surface area contributed by atoms with E-state index in [9.17, 15) is 25.9 Å². The molecule has 4 aromatic rings. The van der Waals surface area contributed by atoms with Gasteiger partial charge in [-0.15, -0.1) is 0 Å². The SMILES string of the molecule is O=S(=O)(O)c1cc(-n2nccn2)ccc1/C=C/c1ccc(-n2nccn2)cc1S(=O)(=O)O. The molecule has 12 nitrogen and oxygen atoms in total. The van der Waals surface area contributed by atoms with E-state index in [1.165, 1.54) is 82.9 Å². The van der Waals surface area contributed by atoms with Gasteiger partial charge in [0.25, 0.3) is 20.2 Å². The fourth-order valence-electron chi connectivity index (χ4n) is 2.89. The van der Waals surface area contributed by atoms with Gasteiger partial charge in [0.2, 0.25) is 0 Å². The van der Waals surface area contributed by atoms with Gasteiger partial charge in [0.15, 0.2) is 0 Å². The fraction of sp³-hybridized carbons (Fsp3) is 0. The van der Waals surface area contributed by atoms with Crippen molar-refractivity contribution in [3.8, 4) is 11.4 Å². The predicted octanol–water partition coefficient (Wildman–Crippen LogP) is 1.51. The largest absolute Gasteiger partial charge is 0.295 e. The molecule has 2 aromatic heterocycles. The van der Waals surface area contributed by atoms with E-state index in [-0.39, 0.29) is 22.5 Å². The summed E-state index contributed by atoms with van der Waals surface area (Å²) < 4.78 is 66.9. The van der Waals surface area contributed by atoms with Crippen molar-refractivity contribution in [3.05, 3.63) is 72.3 Å². The van der Waals surface area contributed by atoms with Crippen LogP contribution >= 0.6 is 0 Å². The van der Waals surface area contributed by atoms with E-state index < -0.39 is 30.0 Å². The Kier molecular flexibility index (Phi) is 5.43. The zero-order valence-electron chi connectivity index (χ0n) is 16.0. The van der Waals surface area contributed by atoms with Crippen molar-refractivity contribution in [1.82, 2.24) is 30.0 Å². The second-order valence-corrected chi connectivity index (χ2v) is 9.14. The highest BCUT2D eigenvalue weighted by molar-refractivity contribution is 7.86. The van der Waals surface area contributed by atoms with E-state index in [0.717, 1.165) is 0 Å². The normalized spacial score (nSPS) is 12.4. The second-order valence-electron chi connectivity index (χ2n) is 6.36. The Labute approximate surface area is 181 Å². The maximum Gasteiger partial charge on any atom is 0.295 e. The standard InChI is InChI=1S/C18H14N6O6S2/c25-31(26,27)17-11-15(23-19-7-8-20-23)5-3-13(17)1-2-14-4-6-16(24-21-9-10-22-24)12-18(14)32(28,29)30/h1-12H,(H,25,26,27)(H,28,29,30)/b2-1+. The first-order valence-electron chi connectivity index (χ1n) is 8.77. The Balaban J connectivity index is 1.79. The highest BCUT2D eigenvalue weighted by Crippen LogP contribution is 2.25. The summed E-state index contributed by atoms with van der Waals surface area (Å²) in [5.41, 5.74) is 0.717. The molecule has 0 unspecified atom stereocenters. The minimum Gasteiger partial charge on any atom is -0.282 e. The summed E-state index contributed by atoms with van der Waals surface area (Å²) in [4.78, 5) is 1.46. The molecular formula is C18H14N6O6S2. The Morgan fingerprint density at radius 2 is 0.969 bits per heavy atom. The summed E-state index contributed by atoms with van der Waals surface area (Å²) in [5, 5.41) is 15.6. The van der Waals surface area contributed by atoms with Crippen molar-refractivity contribution in [2.45, 2.75) is 9.79 Å². The van der Waals surface area contributed by atoms with E-state index in [1.54, 1.807) is 0 Å². The highest BCUT2D eigenvalue weighted by Gasteiger charge is 2.18. The average Bonchev–Trinajstić information content (AvgIpc) is 3.45. The molecule has 2 heterocycles. The van der Waals surface area contributed by atoms with Crippen LogP contribution in [0.3, 0.4) is 0 Å². The third-order valence-corrected chi connectivity index (χ3v) is 6.11. The number of hydrogen-bond donors (Lipinski definition) is 2. The molecule has 0 amide bonds. The third kappa shape index (κ3) is 4.47. The zero-order chi connectivity index (χ0) is 22.9.